The van der Waals surface area contributed by atoms with Gasteiger partial charge >= 0.3 is 0 Å². The van der Waals surface area contributed by atoms with Crippen molar-refractivity contribution < 1.29 is 13.5 Å². The molecule has 3 nitrogen and oxygen atoms in total. The van der Waals surface area contributed by atoms with Crippen LogP contribution >= 0.6 is 0 Å². The van der Waals surface area contributed by atoms with Crippen LogP contribution in [0.3, 0.4) is 0 Å². The van der Waals surface area contributed by atoms with Crippen molar-refractivity contribution >= 4 is 9.84 Å². The number of sulfone groups is 1. The summed E-state index contributed by atoms with van der Waals surface area (Å²) in [5.74, 6) is -0.249. The Balaban J connectivity index is 4.53. The van der Waals surface area contributed by atoms with Crippen LogP contribution in [0.2, 0.25) is 0 Å². The van der Waals surface area contributed by atoms with E-state index in [0.717, 1.165) is 5.41 Å². The van der Waals surface area contributed by atoms with Crippen LogP contribution in [0.25, 0.3) is 0 Å². The molecule has 1 atom stereocenters. The molecule has 0 aliphatic heterocycles. The van der Waals surface area contributed by atoms with Gasteiger partial charge in [-0.25, -0.2) is 8.42 Å². The van der Waals surface area contributed by atoms with E-state index in [1.54, 1.807) is 20.8 Å². The van der Waals surface area contributed by atoms with E-state index in [1.165, 1.54) is 12.2 Å². The number of aliphatic hydroxyl groups excluding tert-OH is 1. The molecular weight excluding hydrogens is 200 g/mol. The highest BCUT2D eigenvalue weighted by molar-refractivity contribution is 7.94. The summed E-state index contributed by atoms with van der Waals surface area (Å²) in [6.07, 6.45) is 1.88. The lowest BCUT2D eigenvalue weighted by atomic mass is 9.90. The molecule has 1 unspecified atom stereocenters. The van der Waals surface area contributed by atoms with Gasteiger partial charge in [-0.15, -0.1) is 0 Å². The normalized spacial score (nSPS) is 15.7. The first-order valence-electron chi connectivity index (χ1n) is 4.39. The summed E-state index contributed by atoms with van der Waals surface area (Å²) in [6.45, 7) is 8.77. The van der Waals surface area contributed by atoms with Crippen LogP contribution in [0, 0.1) is 5.41 Å². The molecule has 0 aromatic heterocycles. The third-order valence-corrected chi connectivity index (χ3v) is 3.16. The smallest absolute Gasteiger partial charge is 0.174 e. The molecule has 0 bridgehead atoms. The van der Waals surface area contributed by atoms with Gasteiger partial charge in [-0.3, -0.25) is 0 Å². The van der Waals surface area contributed by atoms with Crippen molar-refractivity contribution in [3.63, 3.8) is 0 Å². The van der Waals surface area contributed by atoms with Crippen LogP contribution in [-0.4, -0.2) is 25.4 Å². The van der Waals surface area contributed by atoms with E-state index >= 15 is 0 Å². The molecule has 0 aliphatic rings. The van der Waals surface area contributed by atoms with Crippen LogP contribution in [0.1, 0.15) is 20.8 Å². The van der Waals surface area contributed by atoms with Crippen molar-refractivity contribution in [2.45, 2.75) is 26.9 Å². The van der Waals surface area contributed by atoms with Crippen LogP contribution in [0.5, 0.6) is 0 Å². The summed E-state index contributed by atoms with van der Waals surface area (Å²) >= 11 is 0. The minimum atomic E-state index is -3.33. The minimum Gasteiger partial charge on any atom is -0.392 e. The van der Waals surface area contributed by atoms with Crippen molar-refractivity contribution in [3.8, 4) is 0 Å². The van der Waals surface area contributed by atoms with Crippen molar-refractivity contribution in [1.82, 2.24) is 0 Å². The third kappa shape index (κ3) is 5.19. The number of aliphatic hydroxyl groups is 1. The van der Waals surface area contributed by atoms with E-state index in [0.29, 0.717) is 0 Å². The summed E-state index contributed by atoms with van der Waals surface area (Å²) in [6, 6.07) is 0. The summed E-state index contributed by atoms with van der Waals surface area (Å²) in [7, 11) is -3.33. The van der Waals surface area contributed by atoms with Crippen molar-refractivity contribution in [1.29, 1.82) is 0 Å². The van der Waals surface area contributed by atoms with Crippen molar-refractivity contribution in [3.05, 3.63) is 24.1 Å². The maximum Gasteiger partial charge on any atom is 0.174 e. The topological polar surface area (TPSA) is 54.4 Å². The fraction of sp³-hybridized carbons (Fsp3) is 0.600. The summed E-state index contributed by atoms with van der Waals surface area (Å²) in [5, 5.41) is 10.6. The van der Waals surface area contributed by atoms with Crippen LogP contribution in [0.4, 0.5) is 0 Å². The van der Waals surface area contributed by atoms with E-state index in [2.05, 4.69) is 6.58 Å². The molecule has 82 valence electrons. The van der Waals surface area contributed by atoms with Crippen LogP contribution < -0.4 is 0 Å². The fourth-order valence-electron chi connectivity index (χ4n) is 0.701. The van der Waals surface area contributed by atoms with Gasteiger partial charge in [0.25, 0.3) is 0 Å². The molecule has 0 amide bonds. The van der Waals surface area contributed by atoms with Gasteiger partial charge in [0.05, 0.1) is 11.9 Å². The first-order chi connectivity index (χ1) is 6.19. The lowest BCUT2D eigenvalue weighted by Gasteiger charge is -2.24. The molecule has 0 aromatic rings. The van der Waals surface area contributed by atoms with E-state index in [1.807, 2.05) is 0 Å². The number of rotatable bonds is 4. The van der Waals surface area contributed by atoms with Gasteiger partial charge < -0.3 is 5.11 Å². The van der Waals surface area contributed by atoms with Crippen LogP contribution in [0.15, 0.2) is 24.1 Å². The Hall–Kier alpha value is -0.610. The molecule has 0 saturated carbocycles. The van der Waals surface area contributed by atoms with E-state index in [-0.39, 0.29) is 5.75 Å². The second-order valence-corrected chi connectivity index (χ2v) is 6.21. The van der Waals surface area contributed by atoms with Gasteiger partial charge in [0.2, 0.25) is 0 Å². The molecule has 0 aliphatic carbocycles. The second kappa shape index (κ2) is 4.75. The average molecular weight is 218 g/mol. The first kappa shape index (κ1) is 13.4. The van der Waals surface area contributed by atoms with Gasteiger partial charge in [-0.2, -0.15) is 0 Å². The highest BCUT2D eigenvalue weighted by atomic mass is 32.2. The standard InChI is InChI=1S/C10H18O3S/c1-5-6-7-14(12,13)8-9(11)10(2,3)4/h5-7,9,11H,1,8H2,2-4H3/b7-6+. The quantitative estimate of drug-likeness (QED) is 0.728. The molecule has 4 heteroatoms. The maximum absolute atomic E-state index is 11.4. The molecular formula is C10H18O3S. The van der Waals surface area contributed by atoms with Crippen molar-refractivity contribution in [2.75, 3.05) is 5.75 Å². The fourth-order valence-corrected chi connectivity index (χ4v) is 2.10. The Morgan fingerprint density at radius 3 is 2.29 bits per heavy atom. The van der Waals surface area contributed by atoms with Gasteiger partial charge in [0.15, 0.2) is 9.84 Å². The minimum absolute atomic E-state index is 0.249. The Morgan fingerprint density at radius 2 is 1.93 bits per heavy atom. The number of hydrogen-bond donors (Lipinski definition) is 1. The highest BCUT2D eigenvalue weighted by Crippen LogP contribution is 2.20. The zero-order valence-electron chi connectivity index (χ0n) is 8.90. The van der Waals surface area contributed by atoms with E-state index in [9.17, 15) is 13.5 Å². The summed E-state index contributed by atoms with van der Waals surface area (Å²) in [5.41, 5.74) is -0.422. The molecule has 0 heterocycles. The molecule has 0 radical (unpaired) electrons. The molecule has 0 aromatic carbocycles. The zero-order valence-corrected chi connectivity index (χ0v) is 9.71. The molecule has 0 rings (SSSR count). The first-order valence-corrected chi connectivity index (χ1v) is 6.10. The Kier molecular flexibility index (Phi) is 4.55. The monoisotopic (exact) mass is 218 g/mol. The van der Waals surface area contributed by atoms with Gasteiger partial charge in [-0.05, 0) is 5.41 Å². The predicted octanol–water partition coefficient (Wildman–Crippen LogP) is 1.51. The van der Waals surface area contributed by atoms with Crippen molar-refractivity contribution in [2.24, 2.45) is 5.41 Å². The Labute approximate surface area is 86.1 Å². The third-order valence-electron chi connectivity index (χ3n) is 1.81. The number of allylic oxidation sites excluding steroid dienone is 2. The van der Waals surface area contributed by atoms with E-state index < -0.39 is 21.4 Å². The lowest BCUT2D eigenvalue weighted by molar-refractivity contribution is 0.0828. The van der Waals surface area contributed by atoms with Gasteiger partial charge in [-0.1, -0.05) is 39.5 Å². The SMILES string of the molecule is C=C/C=C/S(=O)(=O)CC(O)C(C)(C)C. The predicted molar refractivity (Wildman–Crippen MR) is 58.6 cm³/mol. The molecule has 1 N–H and O–H groups in total. The summed E-state index contributed by atoms with van der Waals surface area (Å²) in [4.78, 5) is 0. The molecule has 0 saturated heterocycles. The average Bonchev–Trinajstić information content (AvgIpc) is 1.98. The Bertz CT molecular complexity index is 307. The largest absolute Gasteiger partial charge is 0.392 e. The zero-order chi connectivity index (χ0) is 11.4. The second-order valence-electron chi connectivity index (χ2n) is 4.28. The van der Waals surface area contributed by atoms with E-state index in [4.69, 9.17) is 0 Å². The van der Waals surface area contributed by atoms with Gasteiger partial charge in [0.1, 0.15) is 0 Å². The summed E-state index contributed by atoms with van der Waals surface area (Å²) < 4.78 is 22.7. The maximum atomic E-state index is 11.4. The Morgan fingerprint density at radius 1 is 1.43 bits per heavy atom. The molecule has 0 spiro atoms. The van der Waals surface area contributed by atoms with Gasteiger partial charge in [0, 0.05) is 5.41 Å². The lowest BCUT2D eigenvalue weighted by Crippen LogP contribution is -2.32. The van der Waals surface area contributed by atoms with Crippen LogP contribution in [-0.2, 0) is 9.84 Å². The number of hydrogen-bond acceptors (Lipinski definition) is 3. The highest BCUT2D eigenvalue weighted by Gasteiger charge is 2.26. The molecule has 0 fully saturated rings. The molecule has 14 heavy (non-hydrogen) atoms.